The van der Waals surface area contributed by atoms with E-state index in [0.717, 1.165) is 5.56 Å². The summed E-state index contributed by atoms with van der Waals surface area (Å²) in [5.74, 6) is 0.0175. The third-order valence-electron chi connectivity index (χ3n) is 4.96. The van der Waals surface area contributed by atoms with Crippen LogP contribution in [0.25, 0.3) is 0 Å². The van der Waals surface area contributed by atoms with Crippen molar-refractivity contribution in [1.82, 2.24) is 9.80 Å². The second-order valence-corrected chi connectivity index (χ2v) is 6.72. The van der Waals surface area contributed by atoms with Gasteiger partial charge in [-0.25, -0.2) is 0 Å². The van der Waals surface area contributed by atoms with Crippen LogP contribution in [-0.4, -0.2) is 66.5 Å². The Bertz CT molecular complexity index is 600. The molecule has 0 bridgehead atoms. The SMILES string of the molecule is Cc1ccc(C(=O)N2CCN(C(=O)C3(N)CCOCC3)CC2)cc1. The number of benzene rings is 1. The smallest absolute Gasteiger partial charge is 0.253 e. The van der Waals surface area contributed by atoms with E-state index in [1.807, 2.05) is 36.1 Å². The monoisotopic (exact) mass is 331 g/mol. The zero-order valence-electron chi connectivity index (χ0n) is 14.2. The molecule has 0 aliphatic carbocycles. The maximum atomic E-state index is 12.7. The topological polar surface area (TPSA) is 75.9 Å². The van der Waals surface area contributed by atoms with E-state index < -0.39 is 5.54 Å². The zero-order chi connectivity index (χ0) is 17.2. The van der Waals surface area contributed by atoms with Gasteiger partial charge in [-0.05, 0) is 31.9 Å². The first-order chi connectivity index (χ1) is 11.5. The summed E-state index contributed by atoms with van der Waals surface area (Å²) in [6.07, 6.45) is 1.13. The van der Waals surface area contributed by atoms with Gasteiger partial charge in [0.05, 0.1) is 5.54 Å². The lowest BCUT2D eigenvalue weighted by molar-refractivity contribution is -0.142. The molecule has 0 spiro atoms. The van der Waals surface area contributed by atoms with Gasteiger partial charge in [0.25, 0.3) is 5.91 Å². The number of ether oxygens (including phenoxy) is 1. The summed E-state index contributed by atoms with van der Waals surface area (Å²) in [4.78, 5) is 28.8. The average molecular weight is 331 g/mol. The number of carbonyl (C=O) groups is 2. The lowest BCUT2D eigenvalue weighted by Crippen LogP contribution is -2.61. The molecule has 6 heteroatoms. The first kappa shape index (κ1) is 16.9. The minimum absolute atomic E-state index is 0.00626. The molecule has 0 atom stereocenters. The van der Waals surface area contributed by atoms with Crippen molar-refractivity contribution in [3.63, 3.8) is 0 Å². The van der Waals surface area contributed by atoms with Gasteiger partial charge < -0.3 is 20.3 Å². The number of nitrogens with zero attached hydrogens (tertiary/aromatic N) is 2. The molecule has 2 amide bonds. The van der Waals surface area contributed by atoms with E-state index in [2.05, 4.69) is 0 Å². The highest BCUT2D eigenvalue weighted by Crippen LogP contribution is 2.21. The van der Waals surface area contributed by atoms with Gasteiger partial charge in [0.1, 0.15) is 0 Å². The van der Waals surface area contributed by atoms with Crippen molar-refractivity contribution in [2.24, 2.45) is 5.73 Å². The second-order valence-electron chi connectivity index (χ2n) is 6.72. The van der Waals surface area contributed by atoms with Gasteiger partial charge in [0.15, 0.2) is 0 Å². The molecule has 0 unspecified atom stereocenters. The quantitative estimate of drug-likeness (QED) is 0.869. The van der Waals surface area contributed by atoms with Gasteiger partial charge in [-0.3, -0.25) is 9.59 Å². The van der Waals surface area contributed by atoms with Crippen molar-refractivity contribution in [1.29, 1.82) is 0 Å². The average Bonchev–Trinajstić information content (AvgIpc) is 2.62. The first-order valence-electron chi connectivity index (χ1n) is 8.51. The van der Waals surface area contributed by atoms with Crippen LogP contribution in [-0.2, 0) is 9.53 Å². The largest absolute Gasteiger partial charge is 0.381 e. The molecule has 24 heavy (non-hydrogen) atoms. The molecule has 2 saturated heterocycles. The van der Waals surface area contributed by atoms with Crippen LogP contribution in [0, 0.1) is 6.92 Å². The second kappa shape index (κ2) is 6.91. The Morgan fingerprint density at radius 3 is 2.12 bits per heavy atom. The molecule has 0 aromatic heterocycles. The van der Waals surface area contributed by atoms with Crippen molar-refractivity contribution in [2.45, 2.75) is 25.3 Å². The summed E-state index contributed by atoms with van der Waals surface area (Å²) in [6.45, 7) is 5.24. The van der Waals surface area contributed by atoms with Crippen LogP contribution in [0.1, 0.15) is 28.8 Å². The highest BCUT2D eigenvalue weighted by molar-refractivity contribution is 5.94. The summed E-state index contributed by atoms with van der Waals surface area (Å²) in [6, 6.07) is 7.59. The highest BCUT2D eigenvalue weighted by Gasteiger charge is 2.40. The number of piperazine rings is 1. The van der Waals surface area contributed by atoms with Gasteiger partial charge in [-0.2, -0.15) is 0 Å². The summed E-state index contributed by atoms with van der Waals surface area (Å²) in [5, 5.41) is 0. The van der Waals surface area contributed by atoms with Crippen LogP contribution >= 0.6 is 0 Å². The Labute approximate surface area is 142 Å². The number of hydrogen-bond donors (Lipinski definition) is 1. The number of nitrogens with two attached hydrogens (primary N) is 1. The molecule has 130 valence electrons. The van der Waals surface area contributed by atoms with Crippen molar-refractivity contribution in [3.8, 4) is 0 Å². The minimum atomic E-state index is -0.804. The van der Waals surface area contributed by atoms with Crippen LogP contribution in [0.15, 0.2) is 24.3 Å². The number of hydrogen-bond acceptors (Lipinski definition) is 4. The van der Waals surface area contributed by atoms with Crippen LogP contribution in [0.5, 0.6) is 0 Å². The van der Waals surface area contributed by atoms with Gasteiger partial charge >= 0.3 is 0 Å². The van der Waals surface area contributed by atoms with Crippen molar-refractivity contribution in [3.05, 3.63) is 35.4 Å². The van der Waals surface area contributed by atoms with Crippen LogP contribution in [0.2, 0.25) is 0 Å². The molecule has 0 radical (unpaired) electrons. The third-order valence-corrected chi connectivity index (χ3v) is 4.96. The van der Waals surface area contributed by atoms with Crippen LogP contribution in [0.3, 0.4) is 0 Å². The Morgan fingerprint density at radius 2 is 1.54 bits per heavy atom. The summed E-state index contributed by atoms with van der Waals surface area (Å²) >= 11 is 0. The maximum absolute atomic E-state index is 12.7. The number of rotatable bonds is 2. The van der Waals surface area contributed by atoms with E-state index in [4.69, 9.17) is 10.5 Å². The first-order valence-corrected chi connectivity index (χ1v) is 8.51. The van der Waals surface area contributed by atoms with Crippen LogP contribution < -0.4 is 5.73 Å². The van der Waals surface area contributed by atoms with Gasteiger partial charge in [-0.15, -0.1) is 0 Å². The molecule has 2 aliphatic heterocycles. The van der Waals surface area contributed by atoms with Gasteiger partial charge in [-0.1, -0.05) is 17.7 Å². The minimum Gasteiger partial charge on any atom is -0.381 e. The fourth-order valence-corrected chi connectivity index (χ4v) is 3.26. The Hall–Kier alpha value is -1.92. The van der Waals surface area contributed by atoms with Crippen LogP contribution in [0.4, 0.5) is 0 Å². The van der Waals surface area contributed by atoms with Gasteiger partial charge in [0.2, 0.25) is 5.91 Å². The normalized spacial score (nSPS) is 20.8. The third kappa shape index (κ3) is 3.44. The molecular weight excluding hydrogens is 306 g/mol. The maximum Gasteiger partial charge on any atom is 0.253 e. The lowest BCUT2D eigenvalue weighted by Gasteiger charge is -2.40. The lowest BCUT2D eigenvalue weighted by atomic mass is 9.89. The molecule has 1 aromatic rings. The van der Waals surface area contributed by atoms with E-state index in [1.54, 1.807) is 4.90 Å². The van der Waals surface area contributed by atoms with E-state index in [0.29, 0.717) is 57.8 Å². The van der Waals surface area contributed by atoms with E-state index in [1.165, 1.54) is 0 Å². The molecular formula is C18H25N3O3. The predicted molar refractivity (Wildman–Crippen MR) is 90.6 cm³/mol. The fraction of sp³-hybridized carbons (Fsp3) is 0.556. The van der Waals surface area contributed by atoms with Gasteiger partial charge in [0, 0.05) is 45.0 Å². The highest BCUT2D eigenvalue weighted by atomic mass is 16.5. The van der Waals surface area contributed by atoms with E-state index in [9.17, 15) is 9.59 Å². The zero-order valence-corrected chi connectivity index (χ0v) is 14.2. The number of carbonyl (C=O) groups excluding carboxylic acids is 2. The van der Waals surface area contributed by atoms with E-state index >= 15 is 0 Å². The number of aryl methyl sites for hydroxylation is 1. The number of amides is 2. The molecule has 2 aliphatic rings. The molecule has 2 N–H and O–H groups in total. The Morgan fingerprint density at radius 1 is 1.00 bits per heavy atom. The Kier molecular flexibility index (Phi) is 4.87. The molecule has 1 aromatic carbocycles. The molecule has 6 nitrogen and oxygen atoms in total. The van der Waals surface area contributed by atoms with Crippen molar-refractivity contribution < 1.29 is 14.3 Å². The molecule has 3 rings (SSSR count). The van der Waals surface area contributed by atoms with Crippen molar-refractivity contribution in [2.75, 3.05) is 39.4 Å². The Balaban J connectivity index is 1.58. The predicted octanol–water partition coefficient (Wildman–Crippen LogP) is 0.787. The summed E-state index contributed by atoms with van der Waals surface area (Å²) in [5.41, 5.74) is 7.30. The van der Waals surface area contributed by atoms with E-state index in [-0.39, 0.29) is 11.8 Å². The molecule has 2 heterocycles. The molecule has 0 saturated carbocycles. The van der Waals surface area contributed by atoms with Crippen molar-refractivity contribution >= 4 is 11.8 Å². The fourth-order valence-electron chi connectivity index (χ4n) is 3.26. The standard InChI is InChI=1S/C18H25N3O3/c1-14-2-4-15(5-3-14)16(22)20-8-10-21(11-9-20)17(23)18(19)6-12-24-13-7-18/h2-5H,6-13,19H2,1H3. The summed E-state index contributed by atoms with van der Waals surface area (Å²) in [7, 11) is 0. The molecule has 2 fully saturated rings. The summed E-state index contributed by atoms with van der Waals surface area (Å²) < 4.78 is 5.30.